The van der Waals surface area contributed by atoms with Crippen molar-refractivity contribution < 1.29 is 9.53 Å². The summed E-state index contributed by atoms with van der Waals surface area (Å²) in [6, 6.07) is 0. The number of cyclic esters (lactones) is 1. The summed E-state index contributed by atoms with van der Waals surface area (Å²) in [5.74, 6) is 0.141. The monoisotopic (exact) mass is 310 g/mol. The highest BCUT2D eigenvalue weighted by molar-refractivity contribution is 9.28. The SMILES string of the molecule is CCC[C@H]1OC(=O)C[C@H]1C=C(Br)Br. The van der Waals surface area contributed by atoms with E-state index in [1.165, 1.54) is 0 Å². The molecule has 0 aromatic heterocycles. The molecule has 74 valence electrons. The maximum Gasteiger partial charge on any atom is 0.306 e. The number of hydrogen-bond donors (Lipinski definition) is 0. The number of hydrogen-bond acceptors (Lipinski definition) is 2. The van der Waals surface area contributed by atoms with Crippen LogP contribution in [0.1, 0.15) is 26.2 Å². The van der Waals surface area contributed by atoms with Crippen molar-refractivity contribution in [2.45, 2.75) is 32.3 Å². The van der Waals surface area contributed by atoms with E-state index in [2.05, 4.69) is 38.8 Å². The van der Waals surface area contributed by atoms with Crippen molar-refractivity contribution in [2.75, 3.05) is 0 Å². The van der Waals surface area contributed by atoms with Gasteiger partial charge in [-0.1, -0.05) is 19.4 Å². The lowest BCUT2D eigenvalue weighted by atomic mass is 9.98. The Labute approximate surface area is 95.0 Å². The van der Waals surface area contributed by atoms with Gasteiger partial charge in [0.15, 0.2) is 0 Å². The second kappa shape index (κ2) is 5.15. The highest BCUT2D eigenvalue weighted by Gasteiger charge is 2.32. The maximum atomic E-state index is 11.0. The van der Waals surface area contributed by atoms with Crippen LogP contribution in [0.4, 0.5) is 0 Å². The fourth-order valence-electron chi connectivity index (χ4n) is 1.51. The van der Waals surface area contributed by atoms with Gasteiger partial charge in [-0.3, -0.25) is 4.79 Å². The first-order chi connectivity index (χ1) is 6.13. The summed E-state index contributed by atoms with van der Waals surface area (Å²) in [4.78, 5) is 11.0. The van der Waals surface area contributed by atoms with Crippen molar-refractivity contribution >= 4 is 37.8 Å². The van der Waals surface area contributed by atoms with Crippen LogP contribution in [0.5, 0.6) is 0 Å². The molecule has 13 heavy (non-hydrogen) atoms. The Morgan fingerprint density at radius 1 is 1.69 bits per heavy atom. The van der Waals surface area contributed by atoms with E-state index in [1.807, 2.05) is 6.08 Å². The van der Waals surface area contributed by atoms with Gasteiger partial charge in [0, 0.05) is 5.92 Å². The molecule has 1 rings (SSSR count). The molecule has 0 bridgehead atoms. The number of carbonyl (C=O) groups is 1. The van der Waals surface area contributed by atoms with Crippen molar-refractivity contribution in [1.29, 1.82) is 0 Å². The molecule has 2 atom stereocenters. The maximum absolute atomic E-state index is 11.0. The van der Waals surface area contributed by atoms with Crippen LogP contribution in [-0.4, -0.2) is 12.1 Å². The van der Waals surface area contributed by atoms with Crippen molar-refractivity contribution in [3.8, 4) is 0 Å². The van der Waals surface area contributed by atoms with E-state index >= 15 is 0 Å². The number of rotatable bonds is 3. The van der Waals surface area contributed by atoms with Crippen LogP contribution in [0.15, 0.2) is 9.47 Å². The second-order valence-corrected chi connectivity index (χ2v) is 5.91. The average molecular weight is 312 g/mol. The minimum absolute atomic E-state index is 0.0719. The predicted molar refractivity (Wildman–Crippen MR) is 58.8 cm³/mol. The van der Waals surface area contributed by atoms with E-state index in [1.54, 1.807) is 0 Å². The number of halogens is 2. The molecule has 1 aliphatic rings. The third kappa shape index (κ3) is 3.43. The third-order valence-corrected chi connectivity index (χ3v) is 2.60. The van der Waals surface area contributed by atoms with Crippen molar-refractivity contribution in [3.63, 3.8) is 0 Å². The zero-order valence-electron chi connectivity index (χ0n) is 7.43. The fourth-order valence-corrected chi connectivity index (χ4v) is 2.19. The minimum atomic E-state index is -0.0825. The molecule has 0 aliphatic carbocycles. The topological polar surface area (TPSA) is 26.3 Å². The van der Waals surface area contributed by atoms with Gasteiger partial charge in [0.2, 0.25) is 0 Å². The van der Waals surface area contributed by atoms with E-state index in [4.69, 9.17) is 4.74 Å². The van der Waals surface area contributed by atoms with Crippen molar-refractivity contribution in [2.24, 2.45) is 5.92 Å². The van der Waals surface area contributed by atoms with Crippen LogP contribution in [0, 0.1) is 5.92 Å². The molecule has 0 aromatic rings. The summed E-state index contributed by atoms with van der Waals surface area (Å²) >= 11 is 6.59. The molecule has 0 radical (unpaired) electrons. The fraction of sp³-hybridized carbons (Fsp3) is 0.667. The zero-order valence-corrected chi connectivity index (χ0v) is 10.6. The smallest absolute Gasteiger partial charge is 0.306 e. The Hall–Kier alpha value is 0.170. The van der Waals surface area contributed by atoms with Gasteiger partial charge in [-0.05, 0) is 38.3 Å². The lowest BCUT2D eigenvalue weighted by Gasteiger charge is -2.12. The Morgan fingerprint density at radius 3 is 2.92 bits per heavy atom. The van der Waals surface area contributed by atoms with E-state index < -0.39 is 0 Å². The van der Waals surface area contributed by atoms with Crippen molar-refractivity contribution in [3.05, 3.63) is 9.47 Å². The Bertz CT molecular complexity index is 222. The summed E-state index contributed by atoms with van der Waals surface area (Å²) in [5.41, 5.74) is 0. The van der Waals surface area contributed by atoms with Gasteiger partial charge in [0.05, 0.1) is 9.81 Å². The van der Waals surface area contributed by atoms with Gasteiger partial charge in [0.1, 0.15) is 6.10 Å². The first kappa shape index (κ1) is 11.2. The van der Waals surface area contributed by atoms with Gasteiger partial charge >= 0.3 is 5.97 Å². The summed E-state index contributed by atoms with van der Waals surface area (Å²) in [6.07, 6.45) is 4.56. The molecular weight excluding hydrogens is 300 g/mol. The van der Waals surface area contributed by atoms with Gasteiger partial charge in [-0.2, -0.15) is 0 Å². The Kier molecular flexibility index (Phi) is 4.46. The van der Waals surface area contributed by atoms with Crippen LogP contribution in [0.2, 0.25) is 0 Å². The predicted octanol–water partition coefficient (Wildman–Crippen LogP) is 3.35. The van der Waals surface area contributed by atoms with E-state index in [9.17, 15) is 4.79 Å². The lowest BCUT2D eigenvalue weighted by Crippen LogP contribution is -2.13. The second-order valence-electron chi connectivity index (χ2n) is 3.14. The van der Waals surface area contributed by atoms with Crippen LogP contribution in [0.3, 0.4) is 0 Å². The summed E-state index contributed by atoms with van der Waals surface area (Å²) < 4.78 is 6.08. The summed E-state index contributed by atoms with van der Waals surface area (Å²) in [7, 11) is 0. The highest BCUT2D eigenvalue weighted by atomic mass is 79.9. The van der Waals surface area contributed by atoms with Gasteiger partial charge in [-0.25, -0.2) is 0 Å². The van der Waals surface area contributed by atoms with E-state index in [0.29, 0.717) is 6.42 Å². The highest BCUT2D eigenvalue weighted by Crippen LogP contribution is 2.30. The zero-order chi connectivity index (χ0) is 9.84. The first-order valence-electron chi connectivity index (χ1n) is 4.35. The molecular formula is C9H12Br2O2. The summed E-state index contributed by atoms with van der Waals surface area (Å²) in [6.45, 7) is 2.09. The molecule has 1 saturated heterocycles. The summed E-state index contributed by atoms with van der Waals surface area (Å²) in [5, 5.41) is 0. The van der Waals surface area contributed by atoms with Gasteiger partial charge < -0.3 is 4.74 Å². The average Bonchev–Trinajstić information content (AvgIpc) is 2.31. The number of esters is 1. The third-order valence-electron chi connectivity index (χ3n) is 2.08. The Balaban J connectivity index is 2.60. The molecule has 0 N–H and O–H groups in total. The first-order valence-corrected chi connectivity index (χ1v) is 5.94. The molecule has 1 fully saturated rings. The molecule has 2 nitrogen and oxygen atoms in total. The standard InChI is InChI=1S/C9H12Br2O2/c1-2-3-7-6(4-8(10)11)5-9(12)13-7/h4,6-7H,2-3,5H2,1H3/t6-,7-/m1/s1. The van der Waals surface area contributed by atoms with E-state index in [-0.39, 0.29) is 18.0 Å². The van der Waals surface area contributed by atoms with Crippen LogP contribution >= 0.6 is 31.9 Å². The van der Waals surface area contributed by atoms with Crippen LogP contribution in [0.25, 0.3) is 0 Å². The Morgan fingerprint density at radius 2 is 2.38 bits per heavy atom. The van der Waals surface area contributed by atoms with Gasteiger partial charge in [0.25, 0.3) is 0 Å². The molecule has 1 heterocycles. The molecule has 0 unspecified atom stereocenters. The van der Waals surface area contributed by atoms with Crippen LogP contribution < -0.4 is 0 Å². The van der Waals surface area contributed by atoms with Gasteiger partial charge in [-0.15, -0.1) is 0 Å². The molecule has 0 aromatic carbocycles. The molecule has 1 aliphatic heterocycles. The molecule has 4 heteroatoms. The molecule has 0 spiro atoms. The lowest BCUT2D eigenvalue weighted by molar-refractivity contribution is -0.141. The quantitative estimate of drug-likeness (QED) is 0.747. The van der Waals surface area contributed by atoms with E-state index in [0.717, 1.165) is 16.2 Å². The number of carbonyl (C=O) groups excluding carboxylic acids is 1. The van der Waals surface area contributed by atoms with Crippen LogP contribution in [-0.2, 0) is 9.53 Å². The normalized spacial score (nSPS) is 27.2. The molecule has 0 amide bonds. The van der Waals surface area contributed by atoms with Crippen molar-refractivity contribution in [1.82, 2.24) is 0 Å². The minimum Gasteiger partial charge on any atom is -0.462 e. The molecule has 0 saturated carbocycles. The number of ether oxygens (including phenoxy) is 1. The largest absolute Gasteiger partial charge is 0.462 e.